The summed E-state index contributed by atoms with van der Waals surface area (Å²) in [6.45, 7) is 9.55. The van der Waals surface area contributed by atoms with Crippen molar-refractivity contribution in [2.45, 2.75) is 31.2 Å². The Morgan fingerprint density at radius 2 is 1.56 bits per heavy atom. The first-order valence-corrected chi connectivity index (χ1v) is 18.0. The van der Waals surface area contributed by atoms with Crippen molar-refractivity contribution in [1.82, 2.24) is 24.1 Å². The third-order valence-electron chi connectivity index (χ3n) is 9.89. The zero-order valence-electron chi connectivity index (χ0n) is 28.0. The van der Waals surface area contributed by atoms with Gasteiger partial charge < -0.3 is 20.0 Å². The summed E-state index contributed by atoms with van der Waals surface area (Å²) in [5.74, 6) is 0.00280. The molecule has 1 atom stereocenters. The molecule has 0 spiro atoms. The topological polar surface area (TPSA) is 90.8 Å². The number of aromatic nitrogens is 2. The lowest BCUT2D eigenvalue weighted by atomic mass is 9.99. The minimum absolute atomic E-state index is 0.00280. The number of anilines is 1. The van der Waals surface area contributed by atoms with Gasteiger partial charge >= 0.3 is 0 Å². The van der Waals surface area contributed by atoms with E-state index in [4.69, 9.17) is 4.98 Å². The summed E-state index contributed by atoms with van der Waals surface area (Å²) in [7, 11) is 0.145. The molecule has 2 aliphatic rings. The Balaban J connectivity index is 1.29. The zero-order chi connectivity index (χ0) is 33.6. The average molecular weight is 663 g/mol. The van der Waals surface area contributed by atoms with Crippen LogP contribution in [-0.4, -0.2) is 92.5 Å². The van der Waals surface area contributed by atoms with E-state index in [9.17, 15) is 13.2 Å². The van der Waals surface area contributed by atoms with Crippen LogP contribution in [0.15, 0.2) is 90.1 Å². The van der Waals surface area contributed by atoms with Gasteiger partial charge in [0.25, 0.3) is 15.9 Å². The molecule has 0 aliphatic carbocycles. The van der Waals surface area contributed by atoms with Crippen molar-refractivity contribution in [3.05, 3.63) is 102 Å². The van der Waals surface area contributed by atoms with Crippen LogP contribution in [0, 0.1) is 13.8 Å². The van der Waals surface area contributed by atoms with Gasteiger partial charge in [0.2, 0.25) is 0 Å². The fraction of sp³-hybridized carbons (Fsp3) is 0.316. The number of piperazine rings is 1. The van der Waals surface area contributed by atoms with Crippen molar-refractivity contribution in [3.63, 3.8) is 0 Å². The summed E-state index contributed by atoms with van der Waals surface area (Å²) in [6, 6.07) is 23.2. The first-order valence-electron chi connectivity index (χ1n) is 16.6. The van der Waals surface area contributed by atoms with Crippen LogP contribution in [0.1, 0.15) is 27.9 Å². The summed E-state index contributed by atoms with van der Waals surface area (Å²) in [5, 5.41) is 3.98. The minimum Gasteiger partial charge on any atom is -0.369 e. The van der Waals surface area contributed by atoms with Gasteiger partial charge in [-0.1, -0.05) is 35.9 Å². The Bertz CT molecular complexity index is 2080. The van der Waals surface area contributed by atoms with Crippen LogP contribution in [0.4, 0.5) is 5.69 Å². The fourth-order valence-electron chi connectivity index (χ4n) is 6.87. The number of rotatable bonds is 7. The molecular formula is C38H42N6O3S. The largest absolute Gasteiger partial charge is 0.369 e. The van der Waals surface area contributed by atoms with Gasteiger partial charge in [-0.05, 0) is 93.5 Å². The summed E-state index contributed by atoms with van der Waals surface area (Å²) in [4.78, 5) is 24.9. The molecule has 248 valence electrons. The molecule has 0 bridgehead atoms. The predicted molar refractivity (Wildman–Crippen MR) is 192 cm³/mol. The molecule has 1 amide bonds. The van der Waals surface area contributed by atoms with E-state index in [0.29, 0.717) is 23.8 Å². The van der Waals surface area contributed by atoms with E-state index in [2.05, 4.69) is 47.3 Å². The molecule has 0 saturated carbocycles. The highest BCUT2D eigenvalue weighted by molar-refractivity contribution is 7.90. The summed E-state index contributed by atoms with van der Waals surface area (Å²) >= 11 is 0. The molecule has 2 aliphatic heterocycles. The van der Waals surface area contributed by atoms with E-state index < -0.39 is 10.0 Å². The number of nitrogens with one attached hydrogen (secondary N) is 1. The van der Waals surface area contributed by atoms with E-state index in [1.54, 1.807) is 36.7 Å². The fourth-order valence-corrected chi connectivity index (χ4v) is 8.19. The number of aryl methyl sites for hydroxylation is 2. The maximum Gasteiger partial charge on any atom is 0.269 e. The highest BCUT2D eigenvalue weighted by atomic mass is 32.2. The molecule has 0 unspecified atom stereocenters. The van der Waals surface area contributed by atoms with Gasteiger partial charge in [-0.3, -0.25) is 4.79 Å². The lowest BCUT2D eigenvalue weighted by molar-refractivity contribution is 0.0789. The lowest BCUT2D eigenvalue weighted by Crippen LogP contribution is -2.44. The van der Waals surface area contributed by atoms with Crippen LogP contribution in [0.2, 0.25) is 0 Å². The SMILES string of the molecule is CN[C@@H]1CCN(C(=O)c2ccc(-c3cn(S(=O)(=O)c4ccc(C)cc4)c4ncc(-c5ccc(N6CCN(C)CC6)c(C)c5)cc34)cc2)C1. The number of carbonyl (C=O) groups is 1. The lowest BCUT2D eigenvalue weighted by Gasteiger charge is -2.35. The highest BCUT2D eigenvalue weighted by Gasteiger charge is 2.27. The monoisotopic (exact) mass is 662 g/mol. The Morgan fingerprint density at radius 3 is 2.23 bits per heavy atom. The first-order chi connectivity index (χ1) is 23.1. The number of likely N-dealkylation sites (tertiary alicyclic amines) is 1. The van der Waals surface area contributed by atoms with Crippen LogP contribution in [0.3, 0.4) is 0 Å². The van der Waals surface area contributed by atoms with Gasteiger partial charge in [0.15, 0.2) is 5.65 Å². The molecule has 2 fully saturated rings. The van der Waals surface area contributed by atoms with Crippen molar-refractivity contribution < 1.29 is 13.2 Å². The molecule has 4 heterocycles. The Morgan fingerprint density at radius 1 is 0.854 bits per heavy atom. The average Bonchev–Trinajstić information content (AvgIpc) is 3.74. The molecule has 5 aromatic rings. The second-order valence-corrected chi connectivity index (χ2v) is 15.0. The van der Waals surface area contributed by atoms with Crippen molar-refractivity contribution in [3.8, 4) is 22.3 Å². The maximum absolute atomic E-state index is 14.0. The second kappa shape index (κ2) is 12.8. The van der Waals surface area contributed by atoms with Crippen LogP contribution >= 0.6 is 0 Å². The number of benzene rings is 3. The Kier molecular flexibility index (Phi) is 8.57. The van der Waals surface area contributed by atoms with Crippen LogP contribution in [-0.2, 0) is 10.0 Å². The smallest absolute Gasteiger partial charge is 0.269 e. The second-order valence-electron chi connectivity index (χ2n) is 13.1. The standard InChI is InChI=1S/C38H42N6O3S/c1-26-5-12-33(13-6-26)48(46,47)44-25-35(28-7-9-29(10-8-28)38(45)43-16-15-32(24-43)39-3)34-22-31(23-40-37(34)44)30-11-14-36(27(2)21-30)42-19-17-41(4)18-20-42/h5-14,21-23,25,32,39H,15-20,24H2,1-4H3/t32-/m1/s1. The van der Waals surface area contributed by atoms with Gasteiger partial charge in [0.1, 0.15) is 0 Å². The number of carbonyl (C=O) groups excluding carboxylic acids is 1. The molecule has 2 aromatic heterocycles. The Labute approximate surface area is 282 Å². The number of hydrogen-bond acceptors (Lipinski definition) is 7. The van der Waals surface area contributed by atoms with Gasteiger partial charge in [-0.25, -0.2) is 17.4 Å². The van der Waals surface area contributed by atoms with Gasteiger partial charge in [0, 0.05) is 85.5 Å². The van der Waals surface area contributed by atoms with E-state index in [1.165, 1.54) is 15.2 Å². The molecule has 0 radical (unpaired) electrons. The maximum atomic E-state index is 14.0. The molecule has 1 N–H and O–H groups in total. The van der Waals surface area contributed by atoms with Crippen molar-refractivity contribution in [2.24, 2.45) is 0 Å². The third kappa shape index (κ3) is 6.00. The van der Waals surface area contributed by atoms with Gasteiger partial charge in [-0.15, -0.1) is 0 Å². The van der Waals surface area contributed by atoms with Crippen molar-refractivity contribution in [2.75, 3.05) is 58.3 Å². The summed E-state index contributed by atoms with van der Waals surface area (Å²) in [5.41, 5.74) is 7.85. The number of nitrogens with zero attached hydrogens (tertiary/aromatic N) is 5. The quantitative estimate of drug-likeness (QED) is 0.249. The van der Waals surface area contributed by atoms with Crippen LogP contribution < -0.4 is 10.2 Å². The molecule has 3 aromatic carbocycles. The molecule has 9 nitrogen and oxygen atoms in total. The highest BCUT2D eigenvalue weighted by Crippen LogP contribution is 2.36. The van der Waals surface area contributed by atoms with E-state index >= 15 is 0 Å². The van der Waals surface area contributed by atoms with E-state index in [-0.39, 0.29) is 10.8 Å². The molecular weight excluding hydrogens is 621 g/mol. The van der Waals surface area contributed by atoms with Crippen molar-refractivity contribution >= 4 is 32.7 Å². The third-order valence-corrected chi connectivity index (χ3v) is 11.6. The molecule has 7 rings (SSSR count). The van der Waals surface area contributed by atoms with Gasteiger partial charge in [0.05, 0.1) is 4.90 Å². The molecule has 2 saturated heterocycles. The Hall–Kier alpha value is -4.51. The minimum atomic E-state index is -3.94. The van der Waals surface area contributed by atoms with E-state index in [1.807, 2.05) is 49.2 Å². The summed E-state index contributed by atoms with van der Waals surface area (Å²) < 4.78 is 29.3. The number of pyridine rings is 1. The number of hydrogen-bond donors (Lipinski definition) is 1. The van der Waals surface area contributed by atoms with Crippen LogP contribution in [0.5, 0.6) is 0 Å². The van der Waals surface area contributed by atoms with Crippen LogP contribution in [0.25, 0.3) is 33.3 Å². The van der Waals surface area contributed by atoms with E-state index in [0.717, 1.165) is 72.3 Å². The summed E-state index contributed by atoms with van der Waals surface area (Å²) in [6.07, 6.45) is 4.35. The van der Waals surface area contributed by atoms with Crippen molar-refractivity contribution in [1.29, 1.82) is 0 Å². The first kappa shape index (κ1) is 32.1. The number of likely N-dealkylation sites (N-methyl/N-ethyl adjacent to an activating group) is 2. The molecule has 48 heavy (non-hydrogen) atoms. The number of fused-ring (bicyclic) bond motifs is 1. The predicted octanol–water partition coefficient (Wildman–Crippen LogP) is 5.41. The number of amides is 1. The van der Waals surface area contributed by atoms with Gasteiger partial charge in [-0.2, -0.15) is 0 Å². The zero-order valence-corrected chi connectivity index (χ0v) is 28.8. The normalized spacial score (nSPS) is 17.4. The molecule has 10 heteroatoms.